The first-order chi connectivity index (χ1) is 11.2. The third-order valence-electron chi connectivity index (χ3n) is 4.69. The van der Waals surface area contributed by atoms with Crippen LogP contribution in [0.4, 0.5) is 15.8 Å². The third kappa shape index (κ3) is 2.10. The molecule has 4 rings (SSSR count). The van der Waals surface area contributed by atoms with Gasteiger partial charge < -0.3 is 5.32 Å². The largest absolute Gasteiger partial charge is 0.375 e. The molecule has 0 bridgehead atoms. The number of fused-ring (bicyclic) bond motifs is 3. The highest BCUT2D eigenvalue weighted by atomic mass is 19.1. The SMILES string of the molecule is O=[N+]([O-])c1ccc(F)c2c1C1C=CCC1C(c1cccnc1)N2. The molecule has 2 aromatic rings. The Morgan fingerprint density at radius 2 is 2.22 bits per heavy atom. The molecule has 0 spiro atoms. The van der Waals surface area contributed by atoms with Crippen LogP contribution in [-0.2, 0) is 0 Å². The number of halogens is 1. The minimum atomic E-state index is -0.460. The van der Waals surface area contributed by atoms with Crippen molar-refractivity contribution in [2.45, 2.75) is 18.4 Å². The van der Waals surface area contributed by atoms with Crippen LogP contribution in [0.5, 0.6) is 0 Å². The van der Waals surface area contributed by atoms with Crippen molar-refractivity contribution in [3.63, 3.8) is 0 Å². The van der Waals surface area contributed by atoms with Crippen molar-refractivity contribution in [1.29, 1.82) is 0 Å². The van der Waals surface area contributed by atoms with Crippen molar-refractivity contribution in [2.75, 3.05) is 5.32 Å². The lowest BCUT2D eigenvalue weighted by atomic mass is 9.76. The van der Waals surface area contributed by atoms with E-state index in [0.29, 0.717) is 5.56 Å². The molecule has 1 aromatic carbocycles. The van der Waals surface area contributed by atoms with Gasteiger partial charge in [0.1, 0.15) is 5.82 Å². The van der Waals surface area contributed by atoms with Gasteiger partial charge in [0.2, 0.25) is 0 Å². The number of hydrogen-bond donors (Lipinski definition) is 1. The lowest BCUT2D eigenvalue weighted by Gasteiger charge is -2.37. The van der Waals surface area contributed by atoms with E-state index in [2.05, 4.69) is 10.3 Å². The number of rotatable bonds is 2. The average Bonchev–Trinajstić information content (AvgIpc) is 3.05. The Bertz CT molecular complexity index is 807. The maximum atomic E-state index is 14.3. The van der Waals surface area contributed by atoms with Crippen LogP contribution in [0, 0.1) is 21.8 Å². The number of nitrogens with zero attached hydrogens (tertiary/aromatic N) is 2. The lowest BCUT2D eigenvalue weighted by molar-refractivity contribution is -0.385. The summed E-state index contributed by atoms with van der Waals surface area (Å²) < 4.78 is 14.3. The van der Waals surface area contributed by atoms with Crippen LogP contribution in [0.15, 0.2) is 48.8 Å². The standard InChI is InChI=1S/C17H14FN3O2/c18-13-6-7-14(21(22)23)15-11-4-1-5-12(11)16(20-17(13)15)10-3-2-8-19-9-10/h1-4,6-9,11-12,16,20H,5H2. The van der Waals surface area contributed by atoms with E-state index in [-0.39, 0.29) is 29.3 Å². The summed E-state index contributed by atoms with van der Waals surface area (Å²) in [5.74, 6) is -0.502. The van der Waals surface area contributed by atoms with Gasteiger partial charge in [0, 0.05) is 24.4 Å². The van der Waals surface area contributed by atoms with Crippen LogP contribution in [0.1, 0.15) is 29.5 Å². The summed E-state index contributed by atoms with van der Waals surface area (Å²) in [6.45, 7) is 0. The average molecular weight is 311 g/mol. The molecule has 2 aliphatic rings. The van der Waals surface area contributed by atoms with Crippen LogP contribution in [0.3, 0.4) is 0 Å². The van der Waals surface area contributed by atoms with Gasteiger partial charge in [0.15, 0.2) is 0 Å². The zero-order chi connectivity index (χ0) is 16.0. The van der Waals surface area contributed by atoms with Gasteiger partial charge in [0.25, 0.3) is 5.69 Å². The maximum absolute atomic E-state index is 14.3. The van der Waals surface area contributed by atoms with Crippen molar-refractivity contribution in [1.82, 2.24) is 4.98 Å². The van der Waals surface area contributed by atoms with E-state index in [4.69, 9.17) is 0 Å². The molecule has 0 fully saturated rings. The summed E-state index contributed by atoms with van der Waals surface area (Å²) in [6.07, 6.45) is 8.22. The molecule has 1 aliphatic carbocycles. The molecule has 0 amide bonds. The first-order valence-electron chi connectivity index (χ1n) is 7.46. The predicted molar refractivity (Wildman–Crippen MR) is 83.6 cm³/mol. The summed E-state index contributed by atoms with van der Waals surface area (Å²) >= 11 is 0. The molecule has 1 aliphatic heterocycles. The minimum absolute atomic E-state index is 0.0277. The van der Waals surface area contributed by atoms with Gasteiger partial charge in [0.05, 0.1) is 22.2 Å². The van der Waals surface area contributed by atoms with Gasteiger partial charge >= 0.3 is 0 Å². The second-order valence-corrected chi connectivity index (χ2v) is 5.87. The molecule has 23 heavy (non-hydrogen) atoms. The lowest BCUT2D eigenvalue weighted by Crippen LogP contribution is -2.30. The van der Waals surface area contributed by atoms with Crippen molar-refractivity contribution in [2.24, 2.45) is 5.92 Å². The van der Waals surface area contributed by atoms with E-state index in [1.807, 2.05) is 24.3 Å². The van der Waals surface area contributed by atoms with Gasteiger partial charge in [-0.2, -0.15) is 0 Å². The van der Waals surface area contributed by atoms with E-state index in [1.54, 1.807) is 12.4 Å². The summed E-state index contributed by atoms with van der Waals surface area (Å²) in [4.78, 5) is 15.0. The number of pyridine rings is 1. The van der Waals surface area contributed by atoms with Crippen molar-refractivity contribution in [3.8, 4) is 0 Å². The molecule has 0 saturated carbocycles. The van der Waals surface area contributed by atoms with Gasteiger partial charge in [-0.3, -0.25) is 15.1 Å². The molecule has 116 valence electrons. The smallest absolute Gasteiger partial charge is 0.275 e. The Morgan fingerprint density at radius 3 is 2.96 bits per heavy atom. The number of nitro benzene ring substituents is 1. The molecular formula is C17H14FN3O2. The second kappa shape index (κ2) is 5.15. The van der Waals surface area contributed by atoms with Gasteiger partial charge in [-0.15, -0.1) is 0 Å². The van der Waals surface area contributed by atoms with Crippen molar-refractivity contribution in [3.05, 3.63) is 75.9 Å². The van der Waals surface area contributed by atoms with E-state index >= 15 is 0 Å². The Morgan fingerprint density at radius 1 is 1.35 bits per heavy atom. The molecule has 0 radical (unpaired) electrons. The van der Waals surface area contributed by atoms with E-state index in [0.717, 1.165) is 18.1 Å². The Hall–Kier alpha value is -2.76. The topological polar surface area (TPSA) is 68.1 Å². The maximum Gasteiger partial charge on any atom is 0.275 e. The molecule has 2 heterocycles. The molecule has 3 atom stereocenters. The summed E-state index contributed by atoms with van der Waals surface area (Å²) in [7, 11) is 0. The normalized spacial score (nSPS) is 24.7. The van der Waals surface area contributed by atoms with Gasteiger partial charge in [-0.1, -0.05) is 18.2 Å². The van der Waals surface area contributed by atoms with E-state index in [1.165, 1.54) is 6.07 Å². The number of hydrogen-bond acceptors (Lipinski definition) is 4. The molecule has 3 unspecified atom stereocenters. The first kappa shape index (κ1) is 13.9. The molecule has 1 N–H and O–H groups in total. The summed E-state index contributed by atoms with van der Waals surface area (Å²) in [6, 6.07) is 6.08. The number of nitrogens with one attached hydrogen (secondary N) is 1. The van der Waals surface area contributed by atoms with Crippen molar-refractivity contribution < 1.29 is 9.31 Å². The number of anilines is 1. The minimum Gasteiger partial charge on any atom is -0.375 e. The van der Waals surface area contributed by atoms with Crippen LogP contribution in [0.25, 0.3) is 0 Å². The summed E-state index contributed by atoms with van der Waals surface area (Å²) in [5, 5.41) is 14.5. The highest BCUT2D eigenvalue weighted by molar-refractivity contribution is 5.67. The summed E-state index contributed by atoms with van der Waals surface area (Å²) in [5.41, 5.74) is 1.62. The number of allylic oxidation sites excluding steroid dienone is 2. The highest BCUT2D eigenvalue weighted by Gasteiger charge is 2.42. The molecular weight excluding hydrogens is 297 g/mol. The molecule has 5 nitrogen and oxygen atoms in total. The third-order valence-corrected chi connectivity index (χ3v) is 4.69. The molecule has 0 saturated heterocycles. The fraction of sp³-hybridized carbons (Fsp3) is 0.235. The number of nitro groups is 1. The predicted octanol–water partition coefficient (Wildman–Crippen LogP) is 3.96. The number of aromatic nitrogens is 1. The number of benzene rings is 1. The Kier molecular flexibility index (Phi) is 3.11. The van der Waals surface area contributed by atoms with E-state index in [9.17, 15) is 14.5 Å². The fourth-order valence-electron chi connectivity index (χ4n) is 3.70. The van der Waals surface area contributed by atoms with Gasteiger partial charge in [-0.05, 0) is 30.0 Å². The van der Waals surface area contributed by atoms with Crippen LogP contribution >= 0.6 is 0 Å². The second-order valence-electron chi connectivity index (χ2n) is 5.87. The highest BCUT2D eigenvalue weighted by Crippen LogP contribution is 2.52. The zero-order valence-corrected chi connectivity index (χ0v) is 12.1. The Labute approximate surface area is 132 Å². The zero-order valence-electron chi connectivity index (χ0n) is 12.1. The fourth-order valence-corrected chi connectivity index (χ4v) is 3.70. The molecule has 1 aromatic heterocycles. The molecule has 6 heteroatoms. The van der Waals surface area contributed by atoms with Crippen LogP contribution < -0.4 is 5.32 Å². The monoisotopic (exact) mass is 311 g/mol. The van der Waals surface area contributed by atoms with Crippen LogP contribution in [0.2, 0.25) is 0 Å². The van der Waals surface area contributed by atoms with Crippen LogP contribution in [-0.4, -0.2) is 9.91 Å². The van der Waals surface area contributed by atoms with Crippen molar-refractivity contribution >= 4 is 11.4 Å². The first-order valence-corrected chi connectivity index (χ1v) is 7.46. The van der Waals surface area contributed by atoms with Gasteiger partial charge in [-0.25, -0.2) is 4.39 Å². The quantitative estimate of drug-likeness (QED) is 0.518. The van der Waals surface area contributed by atoms with E-state index < -0.39 is 10.7 Å². The Balaban J connectivity index is 1.89.